The van der Waals surface area contributed by atoms with Gasteiger partial charge in [0, 0.05) is 24.7 Å². The maximum Gasteiger partial charge on any atom is 0.251 e. The Bertz CT molecular complexity index is 1080. The Hall–Kier alpha value is -3.43. The summed E-state index contributed by atoms with van der Waals surface area (Å²) in [6.45, 7) is 5.57. The summed E-state index contributed by atoms with van der Waals surface area (Å²) in [5.74, 6) is -1.27. The minimum absolute atomic E-state index is 0.0775. The lowest BCUT2D eigenvalue weighted by Crippen LogP contribution is -2.59. The molecule has 2 aliphatic heterocycles. The molecule has 2 saturated heterocycles. The van der Waals surface area contributed by atoms with Crippen LogP contribution in [-0.4, -0.2) is 76.0 Å². The number of likely N-dealkylation sites (tertiary alicyclic amines) is 2. The quantitative estimate of drug-likeness (QED) is 0.470. The first kappa shape index (κ1) is 26.6. The highest BCUT2D eigenvalue weighted by atomic mass is 16.2. The molecule has 10 heteroatoms. The molecule has 1 aromatic rings. The zero-order valence-electron chi connectivity index (χ0n) is 21.8. The number of hydrogen-bond acceptors (Lipinski definition) is 6. The van der Waals surface area contributed by atoms with Crippen LogP contribution in [0.1, 0.15) is 69.7 Å². The number of benzene rings is 1. The summed E-state index contributed by atoms with van der Waals surface area (Å²) in [6, 6.07) is 4.48. The summed E-state index contributed by atoms with van der Waals surface area (Å²) in [5, 5.41) is 5.72. The predicted octanol–water partition coefficient (Wildman–Crippen LogP) is 1.24. The van der Waals surface area contributed by atoms with Crippen molar-refractivity contribution >= 4 is 35.1 Å². The third kappa shape index (κ3) is 5.33. The van der Waals surface area contributed by atoms with Crippen molar-refractivity contribution in [3.05, 3.63) is 29.8 Å². The monoisotopic (exact) mass is 511 g/mol. The van der Waals surface area contributed by atoms with Crippen LogP contribution in [0.5, 0.6) is 0 Å². The van der Waals surface area contributed by atoms with Gasteiger partial charge in [-0.2, -0.15) is 0 Å². The minimum atomic E-state index is -0.980. The van der Waals surface area contributed by atoms with Gasteiger partial charge in [-0.3, -0.25) is 24.0 Å². The van der Waals surface area contributed by atoms with Gasteiger partial charge in [0.1, 0.15) is 17.6 Å². The Morgan fingerprint density at radius 2 is 1.73 bits per heavy atom. The van der Waals surface area contributed by atoms with Gasteiger partial charge >= 0.3 is 0 Å². The van der Waals surface area contributed by atoms with Crippen LogP contribution >= 0.6 is 0 Å². The number of fused-ring (bicyclic) bond motifs is 1. The van der Waals surface area contributed by atoms with Crippen molar-refractivity contribution in [2.45, 2.75) is 83.0 Å². The maximum absolute atomic E-state index is 13.7. The van der Waals surface area contributed by atoms with E-state index in [-0.39, 0.29) is 41.9 Å². The molecule has 200 valence electrons. The normalized spacial score (nSPS) is 23.2. The van der Waals surface area contributed by atoms with E-state index in [2.05, 4.69) is 10.6 Å². The molecule has 3 unspecified atom stereocenters. The van der Waals surface area contributed by atoms with Crippen molar-refractivity contribution in [1.29, 1.82) is 0 Å². The second-order valence-electron chi connectivity index (χ2n) is 11.0. The first-order chi connectivity index (χ1) is 17.5. The highest BCUT2D eigenvalue weighted by Gasteiger charge is 2.56. The predicted molar refractivity (Wildman–Crippen MR) is 137 cm³/mol. The third-order valence-corrected chi connectivity index (χ3v) is 7.73. The Balaban J connectivity index is 1.51. The van der Waals surface area contributed by atoms with E-state index in [0.29, 0.717) is 43.5 Å². The zero-order chi connectivity index (χ0) is 26.9. The van der Waals surface area contributed by atoms with Gasteiger partial charge in [-0.05, 0) is 55.9 Å². The molecule has 3 aliphatic rings. The molecule has 1 saturated carbocycles. The summed E-state index contributed by atoms with van der Waals surface area (Å²) in [5.41, 5.74) is 5.66. The molecule has 10 nitrogen and oxygen atoms in total. The number of Topliss-reactive ketones (excluding diaryl/α,β-unsaturated/α-hetero) is 1. The number of nitrogen functional groups attached to an aromatic ring is 1. The number of amides is 4. The van der Waals surface area contributed by atoms with Crippen molar-refractivity contribution in [3.8, 4) is 0 Å². The summed E-state index contributed by atoms with van der Waals surface area (Å²) >= 11 is 0. The summed E-state index contributed by atoms with van der Waals surface area (Å²) in [4.78, 5) is 68.4. The number of carbonyl (C=O) groups is 5. The first-order valence-electron chi connectivity index (χ1n) is 13.1. The Morgan fingerprint density at radius 1 is 1.08 bits per heavy atom. The second kappa shape index (κ2) is 10.5. The molecule has 4 rings (SSSR count). The van der Waals surface area contributed by atoms with E-state index < -0.39 is 23.7 Å². The molecular weight excluding hydrogens is 474 g/mol. The van der Waals surface area contributed by atoms with Crippen LogP contribution < -0.4 is 16.4 Å². The summed E-state index contributed by atoms with van der Waals surface area (Å²) in [7, 11) is 0. The van der Waals surface area contributed by atoms with Gasteiger partial charge in [0.05, 0.1) is 12.6 Å². The van der Waals surface area contributed by atoms with E-state index in [1.807, 2.05) is 13.8 Å². The van der Waals surface area contributed by atoms with Crippen molar-refractivity contribution in [2.24, 2.45) is 5.92 Å². The fourth-order valence-electron chi connectivity index (χ4n) is 6.09. The number of carbonyl (C=O) groups excluding carboxylic acids is 5. The van der Waals surface area contributed by atoms with Crippen LogP contribution in [-0.2, 0) is 19.2 Å². The highest BCUT2D eigenvalue weighted by molar-refractivity contribution is 6.02. The van der Waals surface area contributed by atoms with Gasteiger partial charge in [0.2, 0.25) is 17.7 Å². The number of nitrogens with two attached hydrogens (primary N) is 1. The van der Waals surface area contributed by atoms with Crippen LogP contribution in [0.4, 0.5) is 5.69 Å². The van der Waals surface area contributed by atoms with Crippen molar-refractivity contribution in [2.75, 3.05) is 18.8 Å². The molecule has 0 radical (unpaired) electrons. The van der Waals surface area contributed by atoms with E-state index in [4.69, 9.17) is 5.73 Å². The van der Waals surface area contributed by atoms with E-state index >= 15 is 0 Å². The zero-order valence-corrected chi connectivity index (χ0v) is 21.8. The van der Waals surface area contributed by atoms with Gasteiger partial charge in [-0.15, -0.1) is 0 Å². The molecule has 37 heavy (non-hydrogen) atoms. The van der Waals surface area contributed by atoms with Crippen LogP contribution in [0.15, 0.2) is 24.3 Å². The number of nitrogens with one attached hydrogen (secondary N) is 2. The lowest BCUT2D eigenvalue weighted by molar-refractivity contribution is -0.142. The van der Waals surface area contributed by atoms with Gasteiger partial charge in [0.25, 0.3) is 5.91 Å². The molecule has 0 bridgehead atoms. The molecule has 3 fully saturated rings. The second-order valence-corrected chi connectivity index (χ2v) is 11.0. The minimum Gasteiger partial charge on any atom is -0.399 e. The fraction of sp³-hybridized carbons (Fsp3) is 0.593. The van der Waals surface area contributed by atoms with E-state index in [1.54, 1.807) is 29.2 Å². The topological polar surface area (TPSA) is 142 Å². The third-order valence-electron chi connectivity index (χ3n) is 7.73. The first-order valence-corrected chi connectivity index (χ1v) is 13.1. The highest BCUT2D eigenvalue weighted by Crippen LogP contribution is 2.37. The molecule has 4 N–H and O–H groups in total. The molecule has 1 aliphatic carbocycles. The van der Waals surface area contributed by atoms with Crippen molar-refractivity contribution < 1.29 is 24.0 Å². The fourth-order valence-corrected chi connectivity index (χ4v) is 6.09. The average Bonchev–Trinajstić information content (AvgIpc) is 3.55. The van der Waals surface area contributed by atoms with E-state index in [9.17, 15) is 24.0 Å². The number of anilines is 1. The lowest BCUT2D eigenvalue weighted by atomic mass is 9.94. The summed E-state index contributed by atoms with van der Waals surface area (Å²) < 4.78 is 0. The molecule has 0 spiro atoms. The van der Waals surface area contributed by atoms with Gasteiger partial charge in [-0.25, -0.2) is 0 Å². The molecule has 2 heterocycles. The molecule has 1 aromatic carbocycles. The molecule has 0 aromatic heterocycles. The Kier molecular flexibility index (Phi) is 7.57. The van der Waals surface area contributed by atoms with Crippen LogP contribution in [0.25, 0.3) is 0 Å². The summed E-state index contributed by atoms with van der Waals surface area (Å²) in [6.07, 6.45) is 3.64. The Labute approximate surface area is 217 Å². The largest absolute Gasteiger partial charge is 0.399 e. The van der Waals surface area contributed by atoms with Crippen LogP contribution in [0.2, 0.25) is 0 Å². The number of rotatable bonds is 7. The number of nitrogens with zero attached hydrogens (tertiary/aromatic N) is 2. The van der Waals surface area contributed by atoms with E-state index in [0.717, 1.165) is 12.8 Å². The average molecular weight is 512 g/mol. The maximum atomic E-state index is 13.7. The van der Waals surface area contributed by atoms with Crippen molar-refractivity contribution in [3.63, 3.8) is 0 Å². The smallest absolute Gasteiger partial charge is 0.251 e. The van der Waals surface area contributed by atoms with Gasteiger partial charge < -0.3 is 26.2 Å². The van der Waals surface area contributed by atoms with E-state index in [1.165, 1.54) is 11.8 Å². The molecule has 3 atom stereocenters. The van der Waals surface area contributed by atoms with Gasteiger partial charge in [-0.1, -0.05) is 26.7 Å². The van der Waals surface area contributed by atoms with Gasteiger partial charge in [0.15, 0.2) is 5.78 Å². The van der Waals surface area contributed by atoms with Crippen LogP contribution in [0, 0.1) is 5.92 Å². The number of ketones is 1. The standard InChI is InChI=1S/C27H37N5O5/c1-16(2)14-20(29-24(35)18-6-8-19(28)9-7-18)25(36)31-13-10-21-23(31)22(34)15-32(21)26(37)27(30-17(3)33)11-4-5-12-27/h6-9,16,20-21,23H,4-5,10-15,28H2,1-3H3,(H,29,35)(H,30,33). The van der Waals surface area contributed by atoms with Crippen LogP contribution in [0.3, 0.4) is 0 Å². The van der Waals surface area contributed by atoms with Crippen molar-refractivity contribution in [1.82, 2.24) is 20.4 Å². The lowest BCUT2D eigenvalue weighted by Gasteiger charge is -2.35. The molecule has 4 amide bonds. The Morgan fingerprint density at radius 3 is 2.32 bits per heavy atom. The molecular formula is C27H37N5O5. The number of hydrogen-bond donors (Lipinski definition) is 3. The SMILES string of the molecule is CC(=O)NC1(C(=O)N2CC(=O)C3C2CCN3C(=O)C(CC(C)C)NC(=O)c2ccc(N)cc2)CCCC1.